The first kappa shape index (κ1) is 22.9. The summed E-state index contributed by atoms with van der Waals surface area (Å²) in [6.07, 6.45) is 10.0. The van der Waals surface area contributed by atoms with Crippen molar-refractivity contribution in [2.75, 3.05) is 0 Å². The van der Waals surface area contributed by atoms with Gasteiger partial charge in [-0.2, -0.15) is 0 Å². The van der Waals surface area contributed by atoms with Crippen LogP contribution in [-0.4, -0.2) is 9.13 Å². The van der Waals surface area contributed by atoms with E-state index >= 15 is 0 Å². The third-order valence-corrected chi connectivity index (χ3v) is 8.16. The maximum absolute atomic E-state index is 2.42. The Balaban J connectivity index is 1.31. The summed E-state index contributed by atoms with van der Waals surface area (Å²) in [6.45, 7) is 2.17. The monoisotopic (exact) mass is 512 g/mol. The molecule has 7 aromatic rings. The highest BCUT2D eigenvalue weighted by Gasteiger charge is 2.17. The average molecular weight is 513 g/mol. The van der Waals surface area contributed by atoms with Crippen molar-refractivity contribution in [3.63, 3.8) is 0 Å². The minimum atomic E-state index is 0.956. The first-order valence-electron chi connectivity index (χ1n) is 13.9. The van der Waals surface area contributed by atoms with Crippen LogP contribution in [0.1, 0.15) is 23.2 Å². The van der Waals surface area contributed by atoms with Gasteiger partial charge in [0.2, 0.25) is 0 Å². The highest BCUT2D eigenvalue weighted by molar-refractivity contribution is 6.09. The lowest BCUT2D eigenvalue weighted by Gasteiger charge is -2.13. The third kappa shape index (κ3) is 3.50. The van der Waals surface area contributed by atoms with Crippen LogP contribution >= 0.6 is 0 Å². The smallest absolute Gasteiger partial charge is 0.0543 e. The highest BCUT2D eigenvalue weighted by Crippen LogP contribution is 2.36. The number of fused-ring (bicyclic) bond motifs is 6. The molecule has 0 saturated heterocycles. The molecule has 1 aliphatic rings. The van der Waals surface area contributed by atoms with Crippen LogP contribution in [-0.2, 0) is 0 Å². The predicted molar refractivity (Wildman–Crippen MR) is 170 cm³/mol. The Morgan fingerprint density at radius 2 is 1.12 bits per heavy atom. The van der Waals surface area contributed by atoms with Crippen molar-refractivity contribution >= 4 is 44.9 Å². The van der Waals surface area contributed by atoms with E-state index in [2.05, 4.69) is 156 Å². The minimum Gasteiger partial charge on any atom is -0.309 e. The molecule has 40 heavy (non-hydrogen) atoms. The number of hydrogen-bond donors (Lipinski definition) is 0. The third-order valence-electron chi connectivity index (χ3n) is 8.16. The van der Waals surface area contributed by atoms with Crippen molar-refractivity contribution < 1.29 is 0 Å². The van der Waals surface area contributed by atoms with Gasteiger partial charge >= 0.3 is 0 Å². The minimum absolute atomic E-state index is 0.956. The van der Waals surface area contributed by atoms with Crippen LogP contribution in [0.4, 0.5) is 0 Å². The Labute approximate surface area is 233 Å². The molecule has 2 aromatic heterocycles. The van der Waals surface area contributed by atoms with E-state index in [4.69, 9.17) is 0 Å². The number of benzene rings is 5. The van der Waals surface area contributed by atoms with E-state index in [1.807, 2.05) is 0 Å². The van der Waals surface area contributed by atoms with Crippen molar-refractivity contribution in [2.45, 2.75) is 13.3 Å². The molecule has 2 nitrogen and oxygen atoms in total. The zero-order chi connectivity index (χ0) is 26.6. The van der Waals surface area contributed by atoms with E-state index in [1.165, 1.54) is 72.0 Å². The number of aromatic nitrogens is 2. The van der Waals surface area contributed by atoms with Crippen LogP contribution in [0, 0.1) is 6.92 Å². The molecule has 0 atom stereocenters. The summed E-state index contributed by atoms with van der Waals surface area (Å²) in [6, 6.07) is 42.0. The Kier molecular flexibility index (Phi) is 5.14. The second kappa shape index (κ2) is 9.00. The van der Waals surface area contributed by atoms with Crippen molar-refractivity contribution in [1.29, 1.82) is 0 Å². The van der Waals surface area contributed by atoms with E-state index in [-0.39, 0.29) is 0 Å². The van der Waals surface area contributed by atoms with E-state index in [1.54, 1.807) is 0 Å². The molecular weight excluding hydrogens is 484 g/mol. The molecule has 0 unspecified atom stereocenters. The molecule has 1 aliphatic carbocycles. The van der Waals surface area contributed by atoms with E-state index in [0.717, 1.165) is 6.42 Å². The molecular formula is C38H28N2. The van der Waals surface area contributed by atoms with Gasteiger partial charge < -0.3 is 9.13 Å². The lowest BCUT2D eigenvalue weighted by Crippen LogP contribution is -1.98. The van der Waals surface area contributed by atoms with Gasteiger partial charge in [0.1, 0.15) is 0 Å². The molecule has 2 heteroatoms. The van der Waals surface area contributed by atoms with Gasteiger partial charge in [0.15, 0.2) is 0 Å². The molecule has 0 N–H and O–H groups in total. The molecule has 2 heterocycles. The zero-order valence-electron chi connectivity index (χ0n) is 22.4. The van der Waals surface area contributed by atoms with Crippen LogP contribution in [0.25, 0.3) is 67.4 Å². The summed E-state index contributed by atoms with van der Waals surface area (Å²) in [4.78, 5) is 0. The largest absolute Gasteiger partial charge is 0.309 e. The Morgan fingerprint density at radius 1 is 0.500 bits per heavy atom. The molecule has 0 aliphatic heterocycles. The zero-order valence-corrected chi connectivity index (χ0v) is 22.4. The van der Waals surface area contributed by atoms with Gasteiger partial charge in [-0.25, -0.2) is 0 Å². The molecule has 0 fully saturated rings. The molecule has 190 valence electrons. The topological polar surface area (TPSA) is 9.86 Å². The number of rotatable bonds is 3. The fraction of sp³-hybridized carbons (Fsp3) is 0.0526. The van der Waals surface area contributed by atoms with E-state index in [9.17, 15) is 0 Å². The lowest BCUT2D eigenvalue weighted by atomic mass is 10.0. The van der Waals surface area contributed by atoms with Gasteiger partial charge in [0.25, 0.3) is 0 Å². The van der Waals surface area contributed by atoms with Gasteiger partial charge in [-0.1, -0.05) is 91.0 Å². The molecule has 5 aromatic carbocycles. The lowest BCUT2D eigenvalue weighted by molar-refractivity contribution is 1.10. The standard InChI is InChI=1S/C38H28N2/c1-26-21-22-34-33-15-3-2-4-18-37(33)40(38(34)23-26)30-14-10-12-28(25-30)27-11-9-13-29(24-27)39-35-19-7-5-16-31(35)32-17-6-8-20-36(32)39/h3-25H,2H2,1H3. The van der Waals surface area contributed by atoms with Gasteiger partial charge in [-0.3, -0.25) is 0 Å². The maximum Gasteiger partial charge on any atom is 0.0543 e. The normalized spacial score (nSPS) is 12.8. The second-order valence-corrected chi connectivity index (χ2v) is 10.7. The summed E-state index contributed by atoms with van der Waals surface area (Å²) in [5, 5.41) is 3.85. The molecule has 0 spiro atoms. The molecule has 0 saturated carbocycles. The molecule has 0 radical (unpaired) electrons. The summed E-state index contributed by atoms with van der Waals surface area (Å²) < 4.78 is 4.81. The van der Waals surface area contributed by atoms with Crippen LogP contribution < -0.4 is 0 Å². The molecule has 0 bridgehead atoms. The van der Waals surface area contributed by atoms with Gasteiger partial charge in [0.05, 0.1) is 22.2 Å². The van der Waals surface area contributed by atoms with Crippen molar-refractivity contribution in [1.82, 2.24) is 9.13 Å². The quantitative estimate of drug-likeness (QED) is 0.223. The first-order chi connectivity index (χ1) is 19.8. The van der Waals surface area contributed by atoms with Gasteiger partial charge in [-0.15, -0.1) is 0 Å². The van der Waals surface area contributed by atoms with Crippen LogP contribution in [0.2, 0.25) is 0 Å². The number of hydrogen-bond acceptors (Lipinski definition) is 0. The van der Waals surface area contributed by atoms with Crippen molar-refractivity contribution in [2.24, 2.45) is 0 Å². The Morgan fingerprint density at radius 3 is 1.82 bits per heavy atom. The first-order valence-corrected chi connectivity index (χ1v) is 13.9. The SMILES string of the molecule is Cc1ccc2c3c(n(-c4cccc(-c5cccc(-n6c7ccccc7c7ccccc76)c5)c4)c2c1)C=CCC=C3. The summed E-state index contributed by atoms with van der Waals surface area (Å²) in [5.41, 5.74) is 12.3. The molecule has 0 amide bonds. The number of nitrogens with zero attached hydrogens (tertiary/aromatic N) is 2. The fourth-order valence-electron chi connectivity index (χ4n) is 6.35. The van der Waals surface area contributed by atoms with Crippen molar-refractivity contribution in [3.05, 3.63) is 144 Å². The number of aryl methyl sites for hydroxylation is 1. The van der Waals surface area contributed by atoms with E-state index < -0.39 is 0 Å². The predicted octanol–water partition coefficient (Wildman–Crippen LogP) is 10.1. The van der Waals surface area contributed by atoms with Crippen LogP contribution in [0.5, 0.6) is 0 Å². The summed E-state index contributed by atoms with van der Waals surface area (Å²) in [5.74, 6) is 0. The van der Waals surface area contributed by atoms with Crippen LogP contribution in [0.15, 0.2) is 127 Å². The maximum atomic E-state index is 2.42. The fourth-order valence-corrected chi connectivity index (χ4v) is 6.35. The second-order valence-electron chi connectivity index (χ2n) is 10.7. The van der Waals surface area contributed by atoms with Crippen LogP contribution in [0.3, 0.4) is 0 Å². The molecule has 8 rings (SSSR count). The highest BCUT2D eigenvalue weighted by atomic mass is 15.0. The Hall–Kier alpha value is -5.08. The van der Waals surface area contributed by atoms with E-state index in [0.29, 0.717) is 0 Å². The van der Waals surface area contributed by atoms with Gasteiger partial charge in [0, 0.05) is 33.1 Å². The average Bonchev–Trinajstić information content (AvgIpc) is 3.37. The summed E-state index contributed by atoms with van der Waals surface area (Å²) >= 11 is 0. The number of para-hydroxylation sites is 2. The Bertz CT molecular complexity index is 2100. The van der Waals surface area contributed by atoms with Gasteiger partial charge in [-0.05, 0) is 78.6 Å². The van der Waals surface area contributed by atoms with Crippen molar-refractivity contribution in [3.8, 4) is 22.5 Å². The summed E-state index contributed by atoms with van der Waals surface area (Å²) in [7, 11) is 0. The number of allylic oxidation sites excluding steroid dienone is 2.